The average molecular weight is 365 g/mol. The number of benzene rings is 1. The zero-order chi connectivity index (χ0) is 18.8. The Hall–Kier alpha value is -2.93. The lowest BCUT2D eigenvalue weighted by Gasteiger charge is -2.34. The van der Waals surface area contributed by atoms with Crippen LogP contribution in [0.15, 0.2) is 41.3 Å². The molecule has 0 amide bonds. The SMILES string of the molecule is CCN1CCN(c2nc3nccc(-c4cccc(OC)c4)c3c(=O)[nH]2)CC1. The Labute approximate surface area is 157 Å². The Morgan fingerprint density at radius 2 is 2.00 bits per heavy atom. The third-order valence-corrected chi connectivity index (χ3v) is 5.09. The number of anilines is 1. The quantitative estimate of drug-likeness (QED) is 0.764. The third-order valence-electron chi connectivity index (χ3n) is 5.09. The Morgan fingerprint density at radius 1 is 1.19 bits per heavy atom. The van der Waals surface area contributed by atoms with Crippen molar-refractivity contribution in [2.24, 2.45) is 0 Å². The molecule has 0 radical (unpaired) electrons. The minimum absolute atomic E-state index is 0.168. The zero-order valence-electron chi connectivity index (χ0n) is 15.6. The van der Waals surface area contributed by atoms with E-state index in [9.17, 15) is 4.79 Å². The van der Waals surface area contributed by atoms with Gasteiger partial charge < -0.3 is 14.5 Å². The zero-order valence-corrected chi connectivity index (χ0v) is 15.6. The van der Waals surface area contributed by atoms with Gasteiger partial charge in [-0.2, -0.15) is 4.98 Å². The van der Waals surface area contributed by atoms with Crippen LogP contribution in [-0.2, 0) is 0 Å². The van der Waals surface area contributed by atoms with Crippen LogP contribution >= 0.6 is 0 Å². The lowest BCUT2D eigenvalue weighted by atomic mass is 10.0. The monoisotopic (exact) mass is 365 g/mol. The number of aromatic nitrogens is 3. The van der Waals surface area contributed by atoms with E-state index in [1.54, 1.807) is 13.3 Å². The van der Waals surface area contributed by atoms with Crippen LogP contribution in [0.1, 0.15) is 6.92 Å². The topological polar surface area (TPSA) is 74.4 Å². The van der Waals surface area contributed by atoms with E-state index in [0.29, 0.717) is 17.0 Å². The molecule has 0 spiro atoms. The number of rotatable bonds is 4. The van der Waals surface area contributed by atoms with Gasteiger partial charge in [0.2, 0.25) is 5.95 Å². The molecule has 4 rings (SSSR count). The highest BCUT2D eigenvalue weighted by Gasteiger charge is 2.19. The summed E-state index contributed by atoms with van der Waals surface area (Å²) in [6.07, 6.45) is 1.70. The number of piperazine rings is 1. The summed E-state index contributed by atoms with van der Waals surface area (Å²) in [5.74, 6) is 1.34. The van der Waals surface area contributed by atoms with Gasteiger partial charge in [-0.25, -0.2) is 4.98 Å². The molecule has 0 unspecified atom stereocenters. The first-order valence-electron chi connectivity index (χ1n) is 9.20. The van der Waals surface area contributed by atoms with Crippen molar-refractivity contribution < 1.29 is 4.74 Å². The van der Waals surface area contributed by atoms with Crippen molar-refractivity contribution in [3.63, 3.8) is 0 Å². The molecule has 1 N–H and O–H groups in total. The second kappa shape index (κ2) is 7.36. The maximum atomic E-state index is 12.9. The molecule has 1 aliphatic rings. The van der Waals surface area contributed by atoms with E-state index >= 15 is 0 Å². The van der Waals surface area contributed by atoms with Crippen LogP contribution < -0.4 is 15.2 Å². The van der Waals surface area contributed by atoms with Gasteiger partial charge in [0.05, 0.1) is 12.5 Å². The third kappa shape index (κ3) is 3.38. The van der Waals surface area contributed by atoms with Gasteiger partial charge in [0.25, 0.3) is 5.56 Å². The molecule has 0 atom stereocenters. The number of likely N-dealkylation sites (N-methyl/N-ethyl adjacent to an activating group) is 1. The van der Waals surface area contributed by atoms with Gasteiger partial charge in [0.15, 0.2) is 5.65 Å². The summed E-state index contributed by atoms with van der Waals surface area (Å²) in [6.45, 7) is 6.83. The van der Waals surface area contributed by atoms with Gasteiger partial charge in [-0.3, -0.25) is 9.78 Å². The number of aromatic amines is 1. The highest BCUT2D eigenvalue weighted by molar-refractivity contribution is 5.92. The van der Waals surface area contributed by atoms with E-state index in [0.717, 1.165) is 49.6 Å². The fourth-order valence-corrected chi connectivity index (χ4v) is 3.51. The van der Waals surface area contributed by atoms with Gasteiger partial charge in [-0.1, -0.05) is 19.1 Å². The van der Waals surface area contributed by atoms with E-state index in [1.165, 1.54) is 0 Å². The van der Waals surface area contributed by atoms with Crippen molar-refractivity contribution in [2.75, 3.05) is 44.7 Å². The lowest BCUT2D eigenvalue weighted by molar-refractivity contribution is 0.270. The molecular weight excluding hydrogens is 342 g/mol. The second-order valence-electron chi connectivity index (χ2n) is 6.60. The first kappa shape index (κ1) is 17.5. The van der Waals surface area contributed by atoms with E-state index < -0.39 is 0 Å². The number of nitrogens with zero attached hydrogens (tertiary/aromatic N) is 4. The first-order chi connectivity index (χ1) is 13.2. The van der Waals surface area contributed by atoms with Crippen molar-refractivity contribution in [3.8, 4) is 16.9 Å². The summed E-state index contributed by atoms with van der Waals surface area (Å²) in [4.78, 5) is 29.4. The number of fused-ring (bicyclic) bond motifs is 1. The number of nitrogens with one attached hydrogen (secondary N) is 1. The molecule has 1 saturated heterocycles. The molecule has 27 heavy (non-hydrogen) atoms. The number of pyridine rings is 1. The van der Waals surface area contributed by atoms with Crippen LogP contribution in [-0.4, -0.2) is 59.7 Å². The predicted molar refractivity (Wildman–Crippen MR) is 106 cm³/mol. The number of methoxy groups -OCH3 is 1. The van der Waals surface area contributed by atoms with Gasteiger partial charge >= 0.3 is 0 Å². The van der Waals surface area contributed by atoms with Crippen LogP contribution in [0.5, 0.6) is 5.75 Å². The fourth-order valence-electron chi connectivity index (χ4n) is 3.51. The highest BCUT2D eigenvalue weighted by Crippen LogP contribution is 2.27. The molecule has 0 saturated carbocycles. The van der Waals surface area contributed by atoms with Crippen LogP contribution in [0.25, 0.3) is 22.2 Å². The van der Waals surface area contributed by atoms with Crippen LogP contribution in [0.4, 0.5) is 5.95 Å². The van der Waals surface area contributed by atoms with Crippen molar-refractivity contribution in [1.82, 2.24) is 19.9 Å². The number of hydrogen-bond donors (Lipinski definition) is 1. The van der Waals surface area contributed by atoms with Gasteiger partial charge in [0, 0.05) is 32.4 Å². The number of ether oxygens (including phenoxy) is 1. The number of hydrogen-bond acceptors (Lipinski definition) is 6. The Morgan fingerprint density at radius 3 is 2.74 bits per heavy atom. The molecule has 2 aromatic heterocycles. The Bertz CT molecular complexity index is 1010. The molecule has 140 valence electrons. The van der Waals surface area contributed by atoms with E-state index in [1.807, 2.05) is 30.3 Å². The predicted octanol–water partition coefficient (Wildman–Crippen LogP) is 2.14. The summed E-state index contributed by atoms with van der Waals surface area (Å²) < 4.78 is 5.31. The summed E-state index contributed by atoms with van der Waals surface area (Å²) in [7, 11) is 1.63. The molecule has 0 aliphatic carbocycles. The number of H-pyrrole nitrogens is 1. The minimum atomic E-state index is -0.168. The molecule has 1 fully saturated rings. The van der Waals surface area contributed by atoms with Crippen molar-refractivity contribution in [3.05, 3.63) is 46.9 Å². The van der Waals surface area contributed by atoms with Gasteiger partial charge in [0.1, 0.15) is 5.75 Å². The van der Waals surface area contributed by atoms with Gasteiger partial charge in [-0.15, -0.1) is 0 Å². The van der Waals surface area contributed by atoms with Crippen molar-refractivity contribution >= 4 is 17.0 Å². The second-order valence-corrected chi connectivity index (χ2v) is 6.60. The van der Waals surface area contributed by atoms with Gasteiger partial charge in [-0.05, 0) is 35.9 Å². The molecule has 1 aliphatic heterocycles. The Kier molecular flexibility index (Phi) is 4.77. The van der Waals surface area contributed by atoms with Crippen LogP contribution in [0.2, 0.25) is 0 Å². The minimum Gasteiger partial charge on any atom is -0.497 e. The van der Waals surface area contributed by atoms with Crippen molar-refractivity contribution in [2.45, 2.75) is 6.92 Å². The highest BCUT2D eigenvalue weighted by atomic mass is 16.5. The summed E-state index contributed by atoms with van der Waals surface area (Å²) >= 11 is 0. The first-order valence-corrected chi connectivity index (χ1v) is 9.20. The summed E-state index contributed by atoms with van der Waals surface area (Å²) in [5, 5.41) is 0.502. The van der Waals surface area contributed by atoms with Crippen LogP contribution in [0.3, 0.4) is 0 Å². The molecule has 3 heterocycles. The standard InChI is InChI=1S/C20H23N5O2/c1-3-24-9-11-25(12-10-24)20-22-18-17(19(26)23-20)16(7-8-21-18)14-5-4-6-15(13-14)27-2/h4-8,13H,3,9-12H2,1-2H3,(H,21,22,23,26). The smallest absolute Gasteiger partial charge is 0.262 e. The molecular formula is C20H23N5O2. The molecule has 3 aromatic rings. The van der Waals surface area contributed by atoms with E-state index in [4.69, 9.17) is 4.74 Å². The van der Waals surface area contributed by atoms with E-state index in [2.05, 4.69) is 31.7 Å². The molecule has 7 heteroatoms. The van der Waals surface area contributed by atoms with Crippen molar-refractivity contribution in [1.29, 1.82) is 0 Å². The largest absolute Gasteiger partial charge is 0.497 e. The molecule has 1 aromatic carbocycles. The fraction of sp³-hybridized carbons (Fsp3) is 0.350. The summed E-state index contributed by atoms with van der Waals surface area (Å²) in [5.41, 5.74) is 2.00. The van der Waals surface area contributed by atoms with E-state index in [-0.39, 0.29) is 5.56 Å². The Balaban J connectivity index is 1.75. The maximum absolute atomic E-state index is 12.9. The summed E-state index contributed by atoms with van der Waals surface area (Å²) in [6, 6.07) is 9.49. The lowest BCUT2D eigenvalue weighted by Crippen LogP contribution is -2.47. The average Bonchev–Trinajstić information content (AvgIpc) is 2.73. The maximum Gasteiger partial charge on any atom is 0.262 e. The van der Waals surface area contributed by atoms with Crippen LogP contribution in [0, 0.1) is 0 Å². The molecule has 7 nitrogen and oxygen atoms in total. The molecule has 0 bridgehead atoms. The normalized spacial score (nSPS) is 15.3.